The first-order chi connectivity index (χ1) is 6.72. The van der Waals surface area contributed by atoms with Gasteiger partial charge in [-0.05, 0) is 18.1 Å². The molecule has 0 saturated heterocycles. The van der Waals surface area contributed by atoms with Gasteiger partial charge in [-0.3, -0.25) is 4.90 Å². The number of phenols is 1. The highest BCUT2D eigenvalue weighted by molar-refractivity contribution is 5.90. The Balaban J connectivity index is 2.38. The van der Waals surface area contributed by atoms with Gasteiger partial charge in [-0.15, -0.1) is 0 Å². The number of rotatable bonds is 0. The summed E-state index contributed by atoms with van der Waals surface area (Å²) in [6.45, 7) is 0.617. The highest BCUT2D eigenvalue weighted by atomic mass is 16.5. The number of nitrogens with zero attached hydrogens (tertiary/aromatic N) is 1. The minimum atomic E-state index is -0.380. The van der Waals surface area contributed by atoms with Crippen molar-refractivity contribution in [2.24, 2.45) is 0 Å². The number of carbonyl (C=O) groups is 1. The number of methoxy groups -OCH3 is 1. The summed E-state index contributed by atoms with van der Waals surface area (Å²) < 4.78 is 4.64. The van der Waals surface area contributed by atoms with E-state index in [1.807, 2.05) is 6.07 Å². The van der Waals surface area contributed by atoms with Crippen molar-refractivity contribution in [1.29, 1.82) is 0 Å². The van der Waals surface area contributed by atoms with Crippen molar-refractivity contribution < 1.29 is 14.6 Å². The highest BCUT2D eigenvalue weighted by Gasteiger charge is 2.25. The van der Waals surface area contributed by atoms with Gasteiger partial charge in [0.25, 0.3) is 0 Å². The van der Waals surface area contributed by atoms with E-state index in [9.17, 15) is 9.90 Å². The number of phenolic OH excluding ortho intramolecular Hbond substituents is 1. The topological polar surface area (TPSA) is 49.8 Å². The average molecular weight is 193 g/mol. The van der Waals surface area contributed by atoms with Crippen LogP contribution in [-0.4, -0.2) is 24.9 Å². The molecular weight excluding hydrogens is 182 g/mol. The van der Waals surface area contributed by atoms with Crippen LogP contribution in [0.5, 0.6) is 5.75 Å². The van der Waals surface area contributed by atoms with Crippen molar-refractivity contribution in [2.75, 3.05) is 18.6 Å². The van der Waals surface area contributed by atoms with Gasteiger partial charge in [-0.1, -0.05) is 6.07 Å². The molecule has 74 valence electrons. The molecule has 1 amide bonds. The van der Waals surface area contributed by atoms with Gasteiger partial charge in [0.1, 0.15) is 5.75 Å². The van der Waals surface area contributed by atoms with Crippen LogP contribution in [0.15, 0.2) is 18.2 Å². The van der Waals surface area contributed by atoms with E-state index in [4.69, 9.17) is 0 Å². The van der Waals surface area contributed by atoms with Crippen LogP contribution in [0.4, 0.5) is 10.5 Å². The number of anilines is 1. The number of hydrogen-bond donors (Lipinski definition) is 1. The fourth-order valence-corrected chi connectivity index (χ4v) is 1.67. The number of hydrogen-bond acceptors (Lipinski definition) is 3. The van der Waals surface area contributed by atoms with E-state index >= 15 is 0 Å². The molecule has 1 N–H and O–H groups in total. The maximum absolute atomic E-state index is 11.3. The number of amides is 1. The number of ether oxygens (including phenoxy) is 1. The van der Waals surface area contributed by atoms with Gasteiger partial charge >= 0.3 is 6.09 Å². The second kappa shape index (κ2) is 3.21. The molecule has 4 nitrogen and oxygen atoms in total. The zero-order valence-corrected chi connectivity index (χ0v) is 7.86. The zero-order valence-electron chi connectivity index (χ0n) is 7.86. The normalized spacial score (nSPS) is 13.9. The standard InChI is InChI=1S/C10H11NO3/c1-14-10(13)11-5-4-7-2-3-8(12)6-9(7)11/h2-3,6,12H,4-5H2,1H3. The maximum Gasteiger partial charge on any atom is 0.414 e. The molecule has 1 aliphatic rings. The molecule has 1 aliphatic heterocycles. The van der Waals surface area contributed by atoms with Crippen LogP contribution in [0.1, 0.15) is 5.56 Å². The Morgan fingerprint density at radius 3 is 3.07 bits per heavy atom. The third-order valence-corrected chi connectivity index (χ3v) is 2.36. The third-order valence-electron chi connectivity index (χ3n) is 2.36. The van der Waals surface area contributed by atoms with E-state index in [2.05, 4.69) is 4.74 Å². The Kier molecular flexibility index (Phi) is 2.04. The van der Waals surface area contributed by atoms with Crippen LogP contribution in [0.25, 0.3) is 0 Å². The highest BCUT2D eigenvalue weighted by Crippen LogP contribution is 2.31. The molecule has 14 heavy (non-hydrogen) atoms. The molecule has 0 bridgehead atoms. The van der Waals surface area contributed by atoms with Crippen LogP contribution in [0.3, 0.4) is 0 Å². The smallest absolute Gasteiger partial charge is 0.414 e. The average Bonchev–Trinajstić information content (AvgIpc) is 2.59. The number of carbonyl (C=O) groups excluding carboxylic acids is 1. The maximum atomic E-state index is 11.3. The van der Waals surface area contributed by atoms with Crippen molar-refractivity contribution in [1.82, 2.24) is 0 Å². The van der Waals surface area contributed by atoms with Gasteiger partial charge in [-0.2, -0.15) is 0 Å². The van der Waals surface area contributed by atoms with Crippen LogP contribution < -0.4 is 4.90 Å². The van der Waals surface area contributed by atoms with E-state index in [1.54, 1.807) is 12.1 Å². The van der Waals surface area contributed by atoms with Gasteiger partial charge in [0.2, 0.25) is 0 Å². The molecule has 0 aliphatic carbocycles. The lowest BCUT2D eigenvalue weighted by atomic mass is 10.1. The van der Waals surface area contributed by atoms with E-state index < -0.39 is 0 Å². The van der Waals surface area contributed by atoms with Crippen LogP contribution in [-0.2, 0) is 11.2 Å². The Hall–Kier alpha value is -1.71. The lowest BCUT2D eigenvalue weighted by Crippen LogP contribution is -2.28. The number of fused-ring (bicyclic) bond motifs is 1. The summed E-state index contributed by atoms with van der Waals surface area (Å²) in [5.74, 6) is 0.166. The van der Waals surface area contributed by atoms with Gasteiger partial charge in [0.05, 0.1) is 12.8 Å². The van der Waals surface area contributed by atoms with Gasteiger partial charge in [0, 0.05) is 12.6 Å². The molecule has 4 heteroatoms. The van der Waals surface area contributed by atoms with Crippen LogP contribution >= 0.6 is 0 Å². The number of benzene rings is 1. The minimum absolute atomic E-state index is 0.166. The monoisotopic (exact) mass is 193 g/mol. The molecule has 0 spiro atoms. The predicted octanol–water partition coefficient (Wildman–Crippen LogP) is 1.52. The largest absolute Gasteiger partial charge is 0.508 e. The molecule has 0 radical (unpaired) electrons. The van der Waals surface area contributed by atoms with E-state index in [0.29, 0.717) is 6.54 Å². The first kappa shape index (κ1) is 8.87. The molecule has 1 aromatic carbocycles. The summed E-state index contributed by atoms with van der Waals surface area (Å²) in [6.07, 6.45) is 0.430. The Morgan fingerprint density at radius 1 is 1.57 bits per heavy atom. The molecule has 0 fully saturated rings. The zero-order chi connectivity index (χ0) is 10.1. The fourth-order valence-electron chi connectivity index (χ4n) is 1.67. The molecule has 2 rings (SSSR count). The lowest BCUT2D eigenvalue weighted by molar-refractivity contribution is 0.179. The molecule has 0 unspecified atom stereocenters. The van der Waals surface area contributed by atoms with E-state index in [0.717, 1.165) is 17.7 Å². The SMILES string of the molecule is COC(=O)N1CCc2ccc(O)cc21. The second-order valence-electron chi connectivity index (χ2n) is 3.18. The summed E-state index contributed by atoms with van der Waals surface area (Å²) in [5, 5.41) is 9.29. The van der Waals surface area contributed by atoms with Gasteiger partial charge < -0.3 is 9.84 Å². The van der Waals surface area contributed by atoms with Crippen LogP contribution in [0, 0.1) is 0 Å². The quantitative estimate of drug-likeness (QED) is 0.679. The first-order valence-electron chi connectivity index (χ1n) is 4.40. The summed E-state index contributed by atoms with van der Waals surface area (Å²) in [7, 11) is 1.35. The summed E-state index contributed by atoms with van der Waals surface area (Å²) in [5.41, 5.74) is 1.81. The van der Waals surface area contributed by atoms with E-state index in [1.165, 1.54) is 12.0 Å². The second-order valence-corrected chi connectivity index (χ2v) is 3.18. The first-order valence-corrected chi connectivity index (χ1v) is 4.40. The molecule has 0 saturated carbocycles. The molecule has 0 aromatic heterocycles. The molecule has 1 aromatic rings. The molecule has 1 heterocycles. The Bertz CT molecular complexity index is 376. The molecule has 0 atom stereocenters. The number of aromatic hydroxyl groups is 1. The van der Waals surface area contributed by atoms with Gasteiger partial charge in [-0.25, -0.2) is 4.79 Å². The third kappa shape index (κ3) is 1.28. The van der Waals surface area contributed by atoms with Crippen LogP contribution in [0.2, 0.25) is 0 Å². The van der Waals surface area contributed by atoms with Gasteiger partial charge in [0.15, 0.2) is 0 Å². The summed E-state index contributed by atoms with van der Waals surface area (Å²) in [6, 6.07) is 5.03. The predicted molar refractivity (Wildman–Crippen MR) is 51.6 cm³/mol. The fraction of sp³-hybridized carbons (Fsp3) is 0.300. The van der Waals surface area contributed by atoms with Crippen molar-refractivity contribution in [2.45, 2.75) is 6.42 Å². The van der Waals surface area contributed by atoms with E-state index in [-0.39, 0.29) is 11.8 Å². The summed E-state index contributed by atoms with van der Waals surface area (Å²) in [4.78, 5) is 12.8. The van der Waals surface area contributed by atoms with Crippen molar-refractivity contribution >= 4 is 11.8 Å². The van der Waals surface area contributed by atoms with Crippen molar-refractivity contribution in [3.63, 3.8) is 0 Å². The lowest BCUT2D eigenvalue weighted by Gasteiger charge is -2.15. The molecular formula is C10H11NO3. The Labute approximate surface area is 81.7 Å². The summed E-state index contributed by atoms with van der Waals surface area (Å²) >= 11 is 0. The van der Waals surface area contributed by atoms with Crippen molar-refractivity contribution in [3.8, 4) is 5.75 Å². The van der Waals surface area contributed by atoms with Crippen molar-refractivity contribution in [3.05, 3.63) is 23.8 Å². The Morgan fingerprint density at radius 2 is 2.36 bits per heavy atom. The minimum Gasteiger partial charge on any atom is -0.508 e.